The van der Waals surface area contributed by atoms with Crippen LogP contribution < -0.4 is 5.73 Å². The predicted octanol–water partition coefficient (Wildman–Crippen LogP) is 1.44. The standard InChI is InChI=1S/C16H27N3O2.C2H6.H2O.H2/c1-4-8-18-10-7-16(11-18)6-5-9-19(15(16)21)13(12(2)3)14(17)20;1-2;;/h4,12-13H,1,5-11H2,2-3H3,(H2,17,20);1-2H3;1H2;1H/t13-,16-;;;/m0.../s1. The molecule has 2 aliphatic heterocycles. The monoisotopic (exact) mass is 343 g/mol. The third kappa shape index (κ3) is 4.57. The van der Waals surface area contributed by atoms with Gasteiger partial charge in [-0.15, -0.1) is 6.58 Å². The van der Waals surface area contributed by atoms with Gasteiger partial charge >= 0.3 is 0 Å². The topological polar surface area (TPSA) is 98.1 Å². The Morgan fingerprint density at radius 2 is 2.00 bits per heavy atom. The van der Waals surface area contributed by atoms with Crippen molar-refractivity contribution in [2.75, 3.05) is 26.2 Å². The van der Waals surface area contributed by atoms with Gasteiger partial charge in [-0.1, -0.05) is 33.8 Å². The van der Waals surface area contributed by atoms with Crippen molar-refractivity contribution in [2.45, 2.75) is 53.0 Å². The lowest BCUT2D eigenvalue weighted by Gasteiger charge is -2.43. The van der Waals surface area contributed by atoms with Crippen LogP contribution in [0.3, 0.4) is 0 Å². The summed E-state index contributed by atoms with van der Waals surface area (Å²) in [5, 5.41) is 0. The van der Waals surface area contributed by atoms with E-state index in [0.29, 0.717) is 6.54 Å². The number of nitrogens with two attached hydrogens (primary N) is 1. The van der Waals surface area contributed by atoms with Crippen LogP contribution >= 0.6 is 0 Å². The van der Waals surface area contributed by atoms with E-state index in [1.165, 1.54) is 0 Å². The molecule has 2 heterocycles. The minimum atomic E-state index is -0.483. The van der Waals surface area contributed by atoms with Crippen molar-refractivity contribution in [1.82, 2.24) is 9.80 Å². The van der Waals surface area contributed by atoms with Gasteiger partial charge in [-0.2, -0.15) is 0 Å². The van der Waals surface area contributed by atoms with Crippen molar-refractivity contribution < 1.29 is 16.5 Å². The molecular weight excluding hydrogens is 306 g/mol. The van der Waals surface area contributed by atoms with Crippen LogP contribution in [-0.4, -0.2) is 59.3 Å². The number of likely N-dealkylation sites (tertiary alicyclic amines) is 2. The highest BCUT2D eigenvalue weighted by Gasteiger charge is 2.50. The van der Waals surface area contributed by atoms with Gasteiger partial charge < -0.3 is 16.1 Å². The molecule has 24 heavy (non-hydrogen) atoms. The summed E-state index contributed by atoms with van der Waals surface area (Å²) < 4.78 is 0. The van der Waals surface area contributed by atoms with Crippen molar-refractivity contribution in [3.63, 3.8) is 0 Å². The highest BCUT2D eigenvalue weighted by molar-refractivity contribution is 5.90. The summed E-state index contributed by atoms with van der Waals surface area (Å²) in [5.74, 6) is -0.221. The minimum Gasteiger partial charge on any atom is -0.412 e. The van der Waals surface area contributed by atoms with Crippen molar-refractivity contribution in [2.24, 2.45) is 17.1 Å². The third-order valence-electron chi connectivity index (χ3n) is 4.85. The van der Waals surface area contributed by atoms with Crippen LogP contribution in [-0.2, 0) is 9.59 Å². The van der Waals surface area contributed by atoms with Crippen LogP contribution in [0.5, 0.6) is 0 Å². The van der Waals surface area contributed by atoms with E-state index in [9.17, 15) is 9.59 Å². The molecule has 0 aromatic carbocycles. The molecule has 0 bridgehead atoms. The second kappa shape index (κ2) is 9.79. The number of amides is 2. The van der Waals surface area contributed by atoms with Crippen LogP contribution in [0.2, 0.25) is 0 Å². The molecule has 6 nitrogen and oxygen atoms in total. The zero-order valence-corrected chi connectivity index (χ0v) is 15.7. The molecule has 4 N–H and O–H groups in total. The molecule has 2 atom stereocenters. The van der Waals surface area contributed by atoms with Gasteiger partial charge in [0.1, 0.15) is 6.04 Å². The second-order valence-corrected chi connectivity index (χ2v) is 6.75. The van der Waals surface area contributed by atoms with Crippen LogP contribution in [0.25, 0.3) is 0 Å². The van der Waals surface area contributed by atoms with E-state index in [0.717, 1.165) is 38.9 Å². The fraction of sp³-hybridized carbons (Fsp3) is 0.778. The summed E-state index contributed by atoms with van der Waals surface area (Å²) in [6.45, 7) is 14.8. The fourth-order valence-electron chi connectivity index (χ4n) is 3.88. The highest BCUT2D eigenvalue weighted by Crippen LogP contribution is 2.41. The third-order valence-corrected chi connectivity index (χ3v) is 4.85. The van der Waals surface area contributed by atoms with Crippen LogP contribution in [0.4, 0.5) is 0 Å². The van der Waals surface area contributed by atoms with E-state index in [2.05, 4.69) is 11.5 Å². The van der Waals surface area contributed by atoms with Crippen molar-refractivity contribution in [3.05, 3.63) is 12.7 Å². The largest absolute Gasteiger partial charge is 0.412 e. The number of hydrogen-bond acceptors (Lipinski definition) is 3. The van der Waals surface area contributed by atoms with Gasteiger partial charge in [0.15, 0.2) is 0 Å². The smallest absolute Gasteiger partial charge is 0.240 e. The van der Waals surface area contributed by atoms with Crippen molar-refractivity contribution >= 4 is 11.8 Å². The number of carbonyl (C=O) groups is 2. The van der Waals surface area contributed by atoms with E-state index in [1.54, 1.807) is 4.90 Å². The predicted molar refractivity (Wildman–Crippen MR) is 99.5 cm³/mol. The first-order valence-electron chi connectivity index (χ1n) is 8.85. The summed E-state index contributed by atoms with van der Waals surface area (Å²) in [7, 11) is 0. The molecule has 2 rings (SSSR count). The molecule has 0 radical (unpaired) electrons. The Hall–Kier alpha value is -1.40. The van der Waals surface area contributed by atoms with E-state index < -0.39 is 11.9 Å². The average Bonchev–Trinajstić information content (AvgIpc) is 2.90. The Morgan fingerprint density at radius 1 is 1.38 bits per heavy atom. The van der Waals surface area contributed by atoms with Gasteiger partial charge in [0.25, 0.3) is 0 Å². The molecule has 0 aromatic rings. The first kappa shape index (κ1) is 22.6. The maximum atomic E-state index is 13.0. The van der Waals surface area contributed by atoms with Crippen molar-refractivity contribution in [3.8, 4) is 0 Å². The van der Waals surface area contributed by atoms with E-state index in [4.69, 9.17) is 5.73 Å². The molecule has 2 fully saturated rings. The Kier molecular flexibility index (Phi) is 9.22. The molecule has 6 heteroatoms. The molecule has 0 saturated carbocycles. The lowest BCUT2D eigenvalue weighted by Crippen LogP contribution is -2.58. The number of piperidine rings is 1. The van der Waals surface area contributed by atoms with Gasteiger partial charge in [-0.3, -0.25) is 14.5 Å². The number of carbonyl (C=O) groups excluding carboxylic acids is 2. The van der Waals surface area contributed by atoms with Crippen LogP contribution in [0, 0.1) is 11.3 Å². The molecule has 2 aliphatic rings. The Morgan fingerprint density at radius 3 is 2.50 bits per heavy atom. The summed E-state index contributed by atoms with van der Waals surface area (Å²) in [4.78, 5) is 28.8. The van der Waals surface area contributed by atoms with E-state index in [1.807, 2.05) is 33.8 Å². The first-order chi connectivity index (χ1) is 10.9. The summed E-state index contributed by atoms with van der Waals surface area (Å²) in [6, 6.07) is -0.483. The van der Waals surface area contributed by atoms with Crippen LogP contribution in [0.15, 0.2) is 12.7 Å². The van der Waals surface area contributed by atoms with E-state index >= 15 is 0 Å². The zero-order valence-electron chi connectivity index (χ0n) is 15.7. The molecule has 142 valence electrons. The Bertz CT molecular complexity index is 445. The average molecular weight is 344 g/mol. The Balaban J connectivity index is 0. The molecule has 1 spiro atoms. The van der Waals surface area contributed by atoms with Gasteiger partial charge in [-0.05, 0) is 31.7 Å². The quantitative estimate of drug-likeness (QED) is 0.765. The SMILES string of the molecule is C=CCN1CC[C@@]2(CCCN([C@H](C(N)=O)C(C)C)C2=O)C1.CC.O.[HH]. The summed E-state index contributed by atoms with van der Waals surface area (Å²) in [5.41, 5.74) is 5.22. The molecule has 0 aliphatic carbocycles. The van der Waals surface area contributed by atoms with Gasteiger partial charge in [0.2, 0.25) is 11.8 Å². The number of hydrogen-bond donors (Lipinski definition) is 1. The lowest BCUT2D eigenvalue weighted by molar-refractivity contribution is -0.153. The molecule has 2 amide bonds. The normalized spacial score (nSPS) is 25.0. The second-order valence-electron chi connectivity index (χ2n) is 6.75. The number of rotatable bonds is 5. The minimum absolute atomic E-state index is 0. The van der Waals surface area contributed by atoms with Crippen molar-refractivity contribution in [1.29, 1.82) is 0 Å². The molecule has 0 unspecified atom stereocenters. The summed E-state index contributed by atoms with van der Waals surface area (Å²) >= 11 is 0. The summed E-state index contributed by atoms with van der Waals surface area (Å²) in [6.07, 6.45) is 4.62. The van der Waals surface area contributed by atoms with E-state index in [-0.39, 0.29) is 24.1 Å². The molecule has 0 aromatic heterocycles. The highest BCUT2D eigenvalue weighted by atomic mass is 16.2. The maximum Gasteiger partial charge on any atom is 0.240 e. The van der Waals surface area contributed by atoms with Gasteiger partial charge in [-0.25, -0.2) is 0 Å². The van der Waals surface area contributed by atoms with Gasteiger partial charge in [0, 0.05) is 21.1 Å². The zero-order chi connectivity index (χ0) is 17.6. The van der Waals surface area contributed by atoms with Crippen LogP contribution in [0.1, 0.15) is 48.4 Å². The maximum absolute atomic E-state index is 13.0. The number of nitrogens with zero attached hydrogens (tertiary/aromatic N) is 2. The first-order valence-corrected chi connectivity index (χ1v) is 8.85. The molecule has 2 saturated heterocycles. The molecular formula is C18H37N3O3. The lowest BCUT2D eigenvalue weighted by atomic mass is 9.77. The number of primary amides is 1. The Labute approximate surface area is 147 Å². The fourth-order valence-corrected chi connectivity index (χ4v) is 3.88. The van der Waals surface area contributed by atoms with Gasteiger partial charge in [0.05, 0.1) is 5.41 Å².